The van der Waals surface area contributed by atoms with E-state index in [1.807, 2.05) is 19.1 Å². The Balaban J connectivity index is 2.56. The monoisotopic (exact) mass is 303 g/mol. The number of sulfonamides is 1. The van der Waals surface area contributed by atoms with Crippen molar-refractivity contribution >= 4 is 21.6 Å². The first kappa shape index (κ1) is 16.5. The van der Waals surface area contributed by atoms with Crippen molar-refractivity contribution in [2.45, 2.75) is 49.8 Å². The van der Waals surface area contributed by atoms with Crippen LogP contribution in [0.15, 0.2) is 29.2 Å². The zero-order valence-corrected chi connectivity index (χ0v) is 13.1. The molecule has 5 heteroatoms. The smallest absolute Gasteiger partial charge is 0.211 e. The largest absolute Gasteiger partial charge is 0.240 e. The van der Waals surface area contributed by atoms with Crippen LogP contribution < -0.4 is 4.72 Å². The van der Waals surface area contributed by atoms with E-state index in [4.69, 9.17) is 11.6 Å². The summed E-state index contributed by atoms with van der Waals surface area (Å²) in [5, 5.41) is 0.0813. The van der Waals surface area contributed by atoms with Crippen LogP contribution in [0.4, 0.5) is 0 Å². The maximum absolute atomic E-state index is 12.0. The highest BCUT2D eigenvalue weighted by molar-refractivity contribution is 7.89. The molecule has 0 radical (unpaired) electrons. The molecule has 1 atom stereocenters. The molecule has 3 nitrogen and oxygen atoms in total. The second-order valence-corrected chi connectivity index (χ2v) is 7.23. The fourth-order valence-electron chi connectivity index (χ4n) is 1.80. The lowest BCUT2D eigenvalue weighted by molar-refractivity contribution is 0.576. The lowest BCUT2D eigenvalue weighted by Gasteiger charge is -2.08. The van der Waals surface area contributed by atoms with E-state index in [1.165, 1.54) is 0 Å². The van der Waals surface area contributed by atoms with Crippen molar-refractivity contribution in [2.24, 2.45) is 0 Å². The van der Waals surface area contributed by atoms with Gasteiger partial charge in [-0.1, -0.05) is 25.5 Å². The number of halogens is 1. The number of alkyl halides is 1. The Bertz CT molecular complexity index is 469. The topological polar surface area (TPSA) is 46.2 Å². The molecule has 0 aromatic heterocycles. The summed E-state index contributed by atoms with van der Waals surface area (Å²) in [5.74, 6) is 0. The van der Waals surface area contributed by atoms with Crippen molar-refractivity contribution in [1.29, 1.82) is 0 Å². The van der Waals surface area contributed by atoms with Crippen LogP contribution in [0.25, 0.3) is 0 Å². The van der Waals surface area contributed by atoms with Gasteiger partial charge in [-0.15, -0.1) is 11.6 Å². The van der Waals surface area contributed by atoms with Gasteiger partial charge in [0, 0.05) is 11.9 Å². The minimum absolute atomic E-state index is 0.0813. The van der Waals surface area contributed by atoms with Crippen molar-refractivity contribution in [3.05, 3.63) is 29.8 Å². The second kappa shape index (κ2) is 7.88. The third-order valence-electron chi connectivity index (χ3n) is 2.84. The van der Waals surface area contributed by atoms with Crippen LogP contribution in [0.1, 0.15) is 38.7 Å². The molecule has 108 valence electrons. The number of nitrogens with one attached hydrogen (secondary N) is 1. The Kier molecular flexibility index (Phi) is 6.83. The zero-order chi connectivity index (χ0) is 14.3. The van der Waals surface area contributed by atoms with Crippen LogP contribution in [0.5, 0.6) is 0 Å². The maximum Gasteiger partial charge on any atom is 0.240 e. The van der Waals surface area contributed by atoms with Gasteiger partial charge in [0.25, 0.3) is 0 Å². The van der Waals surface area contributed by atoms with E-state index in [1.54, 1.807) is 12.1 Å². The third kappa shape index (κ3) is 5.93. The summed E-state index contributed by atoms with van der Waals surface area (Å²) >= 11 is 5.81. The van der Waals surface area contributed by atoms with Crippen LogP contribution in [0, 0.1) is 0 Å². The molecule has 0 saturated heterocycles. The van der Waals surface area contributed by atoms with Gasteiger partial charge in [-0.25, -0.2) is 13.1 Å². The quantitative estimate of drug-likeness (QED) is 0.591. The predicted molar refractivity (Wildman–Crippen MR) is 80.2 cm³/mol. The number of hydrogen-bond donors (Lipinski definition) is 1. The van der Waals surface area contributed by atoms with Crippen LogP contribution in [0.2, 0.25) is 0 Å². The van der Waals surface area contributed by atoms with Crippen molar-refractivity contribution in [2.75, 3.05) is 6.54 Å². The molecule has 0 saturated carbocycles. The molecule has 1 N–H and O–H groups in total. The summed E-state index contributed by atoms with van der Waals surface area (Å²) in [6.07, 6.45) is 3.58. The highest BCUT2D eigenvalue weighted by atomic mass is 35.5. The summed E-state index contributed by atoms with van der Waals surface area (Å²) < 4.78 is 26.6. The van der Waals surface area contributed by atoms with Crippen molar-refractivity contribution < 1.29 is 8.42 Å². The number of hydrogen-bond acceptors (Lipinski definition) is 2. The van der Waals surface area contributed by atoms with E-state index in [-0.39, 0.29) is 5.38 Å². The molecular formula is C14H22ClNO2S. The average molecular weight is 304 g/mol. The van der Waals surface area contributed by atoms with E-state index < -0.39 is 10.0 Å². The van der Waals surface area contributed by atoms with Gasteiger partial charge in [0.1, 0.15) is 0 Å². The van der Waals surface area contributed by atoms with E-state index in [0.717, 1.165) is 31.2 Å². The van der Waals surface area contributed by atoms with Crippen LogP contribution in [-0.2, 0) is 16.4 Å². The first-order valence-electron chi connectivity index (χ1n) is 6.68. The minimum atomic E-state index is -3.38. The van der Waals surface area contributed by atoms with Crippen LogP contribution >= 0.6 is 11.6 Å². The predicted octanol–water partition coefficient (Wildman–Crippen LogP) is 3.32. The molecule has 1 aromatic carbocycles. The van der Waals surface area contributed by atoms with Gasteiger partial charge in [0.05, 0.1) is 4.90 Å². The summed E-state index contributed by atoms with van der Waals surface area (Å²) in [6, 6.07) is 7.08. The number of aryl methyl sites for hydroxylation is 1. The van der Waals surface area contributed by atoms with Gasteiger partial charge in [0.15, 0.2) is 0 Å². The van der Waals surface area contributed by atoms with Gasteiger partial charge < -0.3 is 0 Å². The Hall–Kier alpha value is -0.580. The van der Waals surface area contributed by atoms with Gasteiger partial charge >= 0.3 is 0 Å². The average Bonchev–Trinajstić information content (AvgIpc) is 2.36. The molecule has 19 heavy (non-hydrogen) atoms. The number of benzene rings is 1. The van der Waals surface area contributed by atoms with Crippen LogP contribution in [-0.4, -0.2) is 20.3 Å². The summed E-state index contributed by atoms with van der Waals surface area (Å²) in [7, 11) is -3.38. The molecule has 0 heterocycles. The van der Waals surface area contributed by atoms with E-state index in [9.17, 15) is 8.42 Å². The van der Waals surface area contributed by atoms with Crippen molar-refractivity contribution in [3.8, 4) is 0 Å². The molecule has 1 aromatic rings. The van der Waals surface area contributed by atoms with E-state index in [0.29, 0.717) is 11.4 Å². The lowest BCUT2D eigenvalue weighted by atomic mass is 10.1. The molecule has 1 unspecified atom stereocenters. The van der Waals surface area contributed by atoms with Gasteiger partial charge in [-0.3, -0.25) is 0 Å². The SMILES string of the molecule is CCCc1ccc(S(=O)(=O)NCCCC(C)Cl)cc1. The molecular weight excluding hydrogens is 282 g/mol. The summed E-state index contributed by atoms with van der Waals surface area (Å²) in [5.41, 5.74) is 1.16. The summed E-state index contributed by atoms with van der Waals surface area (Å²) in [4.78, 5) is 0.325. The molecule has 0 fully saturated rings. The standard InChI is InChI=1S/C14H22ClNO2S/c1-3-5-13-7-9-14(10-8-13)19(17,18)16-11-4-6-12(2)15/h7-10,12,16H,3-6,11H2,1-2H3. The lowest BCUT2D eigenvalue weighted by Crippen LogP contribution is -2.25. The number of rotatable bonds is 8. The normalized spacial score (nSPS) is 13.4. The fraction of sp³-hybridized carbons (Fsp3) is 0.571. The zero-order valence-electron chi connectivity index (χ0n) is 11.5. The van der Waals surface area contributed by atoms with E-state index >= 15 is 0 Å². The first-order valence-corrected chi connectivity index (χ1v) is 8.60. The molecule has 0 aliphatic rings. The highest BCUT2D eigenvalue weighted by Gasteiger charge is 2.12. The first-order chi connectivity index (χ1) is 8.95. The van der Waals surface area contributed by atoms with E-state index in [2.05, 4.69) is 11.6 Å². The molecule has 0 aliphatic heterocycles. The molecule has 0 bridgehead atoms. The fourth-order valence-corrected chi connectivity index (χ4v) is 3.03. The minimum Gasteiger partial charge on any atom is -0.211 e. The van der Waals surface area contributed by atoms with Crippen molar-refractivity contribution in [3.63, 3.8) is 0 Å². The Labute approximate surface area is 121 Å². The highest BCUT2D eigenvalue weighted by Crippen LogP contribution is 2.12. The van der Waals surface area contributed by atoms with Gasteiger partial charge in [0.2, 0.25) is 10.0 Å². The Morgan fingerprint density at radius 2 is 1.89 bits per heavy atom. The molecule has 1 rings (SSSR count). The van der Waals surface area contributed by atoms with Crippen molar-refractivity contribution in [1.82, 2.24) is 4.72 Å². The molecule has 0 aliphatic carbocycles. The third-order valence-corrected chi connectivity index (χ3v) is 4.54. The Morgan fingerprint density at radius 1 is 1.26 bits per heavy atom. The second-order valence-electron chi connectivity index (χ2n) is 4.71. The van der Waals surface area contributed by atoms with Crippen LogP contribution in [0.3, 0.4) is 0 Å². The molecule has 0 spiro atoms. The molecule has 0 amide bonds. The maximum atomic E-state index is 12.0. The Morgan fingerprint density at radius 3 is 2.42 bits per heavy atom. The van der Waals surface area contributed by atoms with Gasteiger partial charge in [-0.05, 0) is 43.9 Å². The van der Waals surface area contributed by atoms with Gasteiger partial charge in [-0.2, -0.15) is 0 Å². The summed E-state index contributed by atoms with van der Waals surface area (Å²) in [6.45, 7) is 4.43.